The number of carbonyl (C=O) groups is 6. The number of piperazine rings is 1. The number of nitrogens with one attached hydrogen (secondary N) is 3. The lowest BCUT2D eigenvalue weighted by atomic mass is 9.77. The molecule has 4 atom stereocenters. The maximum atomic E-state index is 11.3. The van der Waals surface area contributed by atoms with Crippen LogP contribution in [0, 0.1) is 38.9 Å². The van der Waals surface area contributed by atoms with E-state index in [2.05, 4.69) is 64.4 Å². The molecule has 0 saturated carbocycles. The number of aliphatic hydroxyl groups is 1. The average Bonchev–Trinajstić information content (AvgIpc) is 3.50. The number of rotatable bonds is 11. The maximum Gasteiger partial charge on any atom is 0.322 e. The predicted octanol–water partition coefficient (Wildman–Crippen LogP) is 7.12. The van der Waals surface area contributed by atoms with E-state index in [9.17, 15) is 28.8 Å². The van der Waals surface area contributed by atoms with E-state index in [0.717, 1.165) is 18.6 Å². The van der Waals surface area contributed by atoms with Crippen LogP contribution in [0.3, 0.4) is 0 Å². The number of aliphatic hydroxyl groups excluding tert-OH is 1. The molecule has 0 radical (unpaired) electrons. The van der Waals surface area contributed by atoms with Gasteiger partial charge in [0.1, 0.15) is 29.9 Å². The van der Waals surface area contributed by atoms with E-state index in [1.165, 1.54) is 0 Å². The summed E-state index contributed by atoms with van der Waals surface area (Å²) in [5.74, 6) is 0.126. The standard InChI is InChI=1S/C9H18N2O3.C9H16N2O2.C9H18O2.C9H14O.C9H18O/c1-9(2,3)4-6(10)8(14)11-5-7(12)13;1-9(2,3)4-6-8(13)10-5-7(12)11-6;1-7(11)8(5-6-10)9(2,3)4;1-9(2,3)7-8-5-4-6-10-8;1-6-8(7(2)10)9(3,4)5/h6H,4-5,10H2,1-3H3,(H,11,14)(H,12,13);6H,4-5H2,1-3H3,(H,10,13)(H,11,12);8,10H,5-6H2,1-4H3;4-6H,7H2,1-3H3;8H,6H2,1-5H3. The molecule has 338 valence electrons. The van der Waals surface area contributed by atoms with Gasteiger partial charge in [-0.05, 0) is 78.7 Å². The van der Waals surface area contributed by atoms with Crippen LogP contribution in [0.25, 0.3) is 0 Å². The highest BCUT2D eigenvalue weighted by atomic mass is 16.4. The molecule has 1 aliphatic rings. The fourth-order valence-corrected chi connectivity index (χ4v) is 6.22. The van der Waals surface area contributed by atoms with Crippen LogP contribution in [0.15, 0.2) is 22.8 Å². The van der Waals surface area contributed by atoms with Gasteiger partial charge >= 0.3 is 5.97 Å². The Morgan fingerprint density at radius 3 is 1.64 bits per heavy atom. The van der Waals surface area contributed by atoms with Gasteiger partial charge in [0, 0.05) is 24.9 Å². The molecule has 0 spiro atoms. The van der Waals surface area contributed by atoms with Crippen LogP contribution >= 0.6 is 0 Å². The van der Waals surface area contributed by atoms with Crippen LogP contribution < -0.4 is 21.7 Å². The smallest absolute Gasteiger partial charge is 0.322 e. The Morgan fingerprint density at radius 2 is 1.34 bits per heavy atom. The number of amides is 3. The van der Waals surface area contributed by atoms with Crippen molar-refractivity contribution in [2.24, 2.45) is 44.6 Å². The minimum absolute atomic E-state index is 0.00694. The SMILES string of the molecule is CC(=O)C(CCO)C(C)(C)C.CC(C)(C)CC(N)C(=O)NCC(=O)O.CC(C)(C)CC1NC(=O)CNC1=O.CC(C)(C)Cc1ccco1.CCC(C(C)=O)C(C)(C)C. The number of carboxylic acids is 1. The molecule has 1 aliphatic heterocycles. The maximum absolute atomic E-state index is 11.3. The molecule has 1 fully saturated rings. The summed E-state index contributed by atoms with van der Waals surface area (Å²) in [7, 11) is 0. The minimum Gasteiger partial charge on any atom is -0.480 e. The Kier molecular flexibility index (Phi) is 26.8. The molecule has 1 saturated heterocycles. The highest BCUT2D eigenvalue weighted by Crippen LogP contribution is 2.30. The van der Waals surface area contributed by atoms with Gasteiger partial charge in [0.2, 0.25) is 17.7 Å². The largest absolute Gasteiger partial charge is 0.480 e. The molecule has 7 N–H and O–H groups in total. The second-order valence-electron chi connectivity index (χ2n) is 20.9. The number of nitrogens with two attached hydrogens (primary N) is 1. The second-order valence-corrected chi connectivity index (χ2v) is 20.9. The summed E-state index contributed by atoms with van der Waals surface area (Å²) in [6, 6.07) is 2.95. The zero-order chi connectivity index (χ0) is 46.5. The zero-order valence-electron chi connectivity index (χ0n) is 39.5. The first-order valence-electron chi connectivity index (χ1n) is 20.4. The molecule has 1 aromatic heterocycles. The number of aliphatic carboxylic acids is 1. The van der Waals surface area contributed by atoms with Gasteiger partial charge in [0.15, 0.2) is 0 Å². The van der Waals surface area contributed by atoms with Crippen LogP contribution in [0.1, 0.15) is 156 Å². The van der Waals surface area contributed by atoms with Gasteiger partial charge in [-0.3, -0.25) is 28.8 Å². The van der Waals surface area contributed by atoms with Crippen LogP contribution in [0.2, 0.25) is 0 Å². The van der Waals surface area contributed by atoms with Crippen molar-refractivity contribution in [3.05, 3.63) is 24.2 Å². The molecule has 58 heavy (non-hydrogen) atoms. The number of carboxylic acid groups (broad SMARTS) is 1. The third kappa shape index (κ3) is 32.4. The highest BCUT2D eigenvalue weighted by Gasteiger charge is 2.30. The Labute approximate surface area is 351 Å². The monoisotopic (exact) mass is 825 g/mol. The van der Waals surface area contributed by atoms with Crippen molar-refractivity contribution in [3.8, 4) is 0 Å². The number of Topliss-reactive ketones (excluding diaryl/α,β-unsaturated/α-hetero) is 2. The number of hydrogen-bond acceptors (Lipinski definition) is 9. The molecule has 0 bridgehead atoms. The van der Waals surface area contributed by atoms with Crippen molar-refractivity contribution in [1.82, 2.24) is 16.0 Å². The van der Waals surface area contributed by atoms with Crippen molar-refractivity contribution in [3.63, 3.8) is 0 Å². The van der Waals surface area contributed by atoms with Crippen LogP contribution in [-0.4, -0.2) is 77.3 Å². The van der Waals surface area contributed by atoms with Gasteiger partial charge in [-0.25, -0.2) is 0 Å². The van der Waals surface area contributed by atoms with Crippen molar-refractivity contribution in [2.45, 2.75) is 169 Å². The Morgan fingerprint density at radius 1 is 0.845 bits per heavy atom. The van der Waals surface area contributed by atoms with Gasteiger partial charge in [-0.15, -0.1) is 0 Å². The summed E-state index contributed by atoms with van der Waals surface area (Å²) >= 11 is 0. The fourth-order valence-electron chi connectivity index (χ4n) is 6.22. The quantitative estimate of drug-likeness (QED) is 0.133. The van der Waals surface area contributed by atoms with E-state index in [1.54, 1.807) is 20.1 Å². The van der Waals surface area contributed by atoms with Gasteiger partial charge in [0.05, 0.1) is 18.8 Å². The lowest BCUT2D eigenvalue weighted by molar-refractivity contribution is -0.138. The second kappa shape index (κ2) is 26.5. The number of hydrogen-bond donors (Lipinski definition) is 6. The molecule has 0 aromatic carbocycles. The zero-order valence-corrected chi connectivity index (χ0v) is 39.5. The summed E-state index contributed by atoms with van der Waals surface area (Å²) in [5.41, 5.74) is 6.04. The first-order valence-corrected chi connectivity index (χ1v) is 20.4. The van der Waals surface area contributed by atoms with E-state index in [1.807, 2.05) is 74.4 Å². The van der Waals surface area contributed by atoms with Gasteiger partial charge in [0.25, 0.3) is 0 Å². The molecule has 2 rings (SSSR count). The molecule has 2 heterocycles. The Balaban J connectivity index is -0.000000656. The average molecular weight is 825 g/mol. The van der Waals surface area contributed by atoms with Gasteiger partial charge < -0.3 is 36.3 Å². The number of carbonyl (C=O) groups excluding carboxylic acids is 5. The van der Waals surface area contributed by atoms with Gasteiger partial charge in [-0.1, -0.05) is 111 Å². The molecule has 4 unspecified atom stereocenters. The molecule has 1 aromatic rings. The van der Waals surface area contributed by atoms with E-state index in [4.69, 9.17) is 20.4 Å². The Hall–Kier alpha value is -3.58. The summed E-state index contributed by atoms with van der Waals surface area (Å²) in [6.45, 7) is 36.2. The lowest BCUT2D eigenvalue weighted by Crippen LogP contribution is -2.57. The van der Waals surface area contributed by atoms with Crippen molar-refractivity contribution >= 4 is 35.3 Å². The molecule has 3 amide bonds. The molecular weight excluding hydrogens is 741 g/mol. The molecule has 13 heteroatoms. The van der Waals surface area contributed by atoms with E-state index in [-0.39, 0.29) is 76.8 Å². The summed E-state index contributed by atoms with van der Waals surface area (Å²) in [6.07, 6.45) is 5.47. The summed E-state index contributed by atoms with van der Waals surface area (Å²) in [4.78, 5) is 65.7. The van der Waals surface area contributed by atoms with Crippen molar-refractivity contribution < 1.29 is 43.4 Å². The van der Waals surface area contributed by atoms with E-state index in [0.29, 0.717) is 30.5 Å². The lowest BCUT2D eigenvalue weighted by Gasteiger charge is -2.28. The fraction of sp³-hybridized carbons (Fsp3) is 0.778. The number of ketones is 2. The molecular formula is C45H84N4O9. The van der Waals surface area contributed by atoms with Crippen molar-refractivity contribution in [2.75, 3.05) is 19.7 Å². The highest BCUT2D eigenvalue weighted by molar-refractivity contribution is 5.94. The summed E-state index contributed by atoms with van der Waals surface area (Å²) < 4.78 is 5.21. The summed E-state index contributed by atoms with van der Waals surface area (Å²) in [5, 5.41) is 24.5. The normalized spacial score (nSPS) is 16.0. The topological polar surface area (TPSA) is 218 Å². The van der Waals surface area contributed by atoms with Crippen LogP contribution in [0.5, 0.6) is 0 Å². The third-order valence-electron chi connectivity index (χ3n) is 8.66. The molecule has 0 aliphatic carbocycles. The van der Waals surface area contributed by atoms with E-state index < -0.39 is 17.9 Å². The third-order valence-corrected chi connectivity index (χ3v) is 8.66. The minimum atomic E-state index is -1.07. The first-order chi connectivity index (χ1) is 26.0. The molecule has 13 nitrogen and oxygen atoms in total. The van der Waals surface area contributed by atoms with Gasteiger partial charge in [-0.2, -0.15) is 0 Å². The Bertz CT molecular complexity index is 1370. The van der Waals surface area contributed by atoms with E-state index >= 15 is 0 Å². The predicted molar refractivity (Wildman–Crippen MR) is 233 cm³/mol. The van der Waals surface area contributed by atoms with Crippen LogP contribution in [-0.2, 0) is 35.2 Å². The first kappa shape index (κ1) is 58.7. The van der Waals surface area contributed by atoms with Crippen molar-refractivity contribution in [1.29, 1.82) is 0 Å². The van der Waals surface area contributed by atoms with Crippen LogP contribution in [0.4, 0.5) is 0 Å². The number of furan rings is 1.